The maximum absolute atomic E-state index is 11.8. The summed E-state index contributed by atoms with van der Waals surface area (Å²) in [5.41, 5.74) is 1.00. The van der Waals surface area contributed by atoms with Crippen LogP contribution in [0.5, 0.6) is 5.75 Å². The van der Waals surface area contributed by atoms with E-state index in [9.17, 15) is 9.59 Å². The quantitative estimate of drug-likeness (QED) is 0.752. The van der Waals surface area contributed by atoms with Crippen LogP contribution in [0.3, 0.4) is 0 Å². The number of methoxy groups -OCH3 is 1. The zero-order valence-corrected chi connectivity index (χ0v) is 13.8. The first-order valence-corrected chi connectivity index (χ1v) is 7.70. The van der Waals surface area contributed by atoms with Crippen molar-refractivity contribution < 1.29 is 23.5 Å². The van der Waals surface area contributed by atoms with Crippen LogP contribution in [-0.2, 0) is 20.7 Å². The summed E-state index contributed by atoms with van der Waals surface area (Å²) in [5.74, 6) is 0.640. The molecule has 0 spiro atoms. The van der Waals surface area contributed by atoms with Crippen LogP contribution in [-0.4, -0.2) is 25.6 Å². The SMILES string of the molecule is COc1ccc(CCC(=O)OCC(=O)N[C@H](C)c2ccco2)cc1. The van der Waals surface area contributed by atoms with Gasteiger partial charge in [0.05, 0.1) is 19.4 Å². The normalized spacial score (nSPS) is 11.6. The Morgan fingerprint density at radius 1 is 1.21 bits per heavy atom. The fraction of sp³-hybridized carbons (Fsp3) is 0.333. The molecule has 1 aromatic heterocycles. The molecule has 6 heteroatoms. The van der Waals surface area contributed by atoms with Crippen LogP contribution in [0.2, 0.25) is 0 Å². The van der Waals surface area contributed by atoms with Crippen molar-refractivity contribution in [3.05, 3.63) is 54.0 Å². The van der Waals surface area contributed by atoms with Crippen molar-refractivity contribution >= 4 is 11.9 Å². The molecule has 1 atom stereocenters. The molecule has 1 amide bonds. The van der Waals surface area contributed by atoms with Gasteiger partial charge in [-0.25, -0.2) is 0 Å². The Kier molecular flexibility index (Phi) is 6.42. The lowest BCUT2D eigenvalue weighted by Gasteiger charge is -2.11. The molecule has 0 aliphatic carbocycles. The second-order valence-corrected chi connectivity index (χ2v) is 5.31. The van der Waals surface area contributed by atoms with Crippen molar-refractivity contribution in [1.82, 2.24) is 5.32 Å². The molecule has 0 saturated carbocycles. The highest BCUT2D eigenvalue weighted by Gasteiger charge is 2.13. The molecule has 2 aromatic rings. The Morgan fingerprint density at radius 2 is 1.96 bits per heavy atom. The number of rotatable bonds is 8. The highest BCUT2D eigenvalue weighted by molar-refractivity contribution is 5.80. The maximum Gasteiger partial charge on any atom is 0.306 e. The maximum atomic E-state index is 11.8. The second-order valence-electron chi connectivity index (χ2n) is 5.31. The third-order valence-electron chi connectivity index (χ3n) is 3.49. The second kappa shape index (κ2) is 8.76. The molecule has 0 radical (unpaired) electrons. The summed E-state index contributed by atoms with van der Waals surface area (Å²) in [4.78, 5) is 23.5. The Bertz CT molecular complexity index is 649. The molecule has 128 valence electrons. The van der Waals surface area contributed by atoms with E-state index in [1.54, 1.807) is 26.2 Å². The Labute approximate surface area is 140 Å². The van der Waals surface area contributed by atoms with Crippen molar-refractivity contribution in [2.75, 3.05) is 13.7 Å². The van der Waals surface area contributed by atoms with Crippen LogP contribution in [0, 0.1) is 0 Å². The van der Waals surface area contributed by atoms with E-state index in [1.807, 2.05) is 24.3 Å². The molecule has 0 fully saturated rings. The van der Waals surface area contributed by atoms with E-state index >= 15 is 0 Å². The zero-order valence-electron chi connectivity index (χ0n) is 13.8. The topological polar surface area (TPSA) is 77.8 Å². The molecule has 0 saturated heterocycles. The minimum Gasteiger partial charge on any atom is -0.497 e. The number of amides is 1. The summed E-state index contributed by atoms with van der Waals surface area (Å²) < 4.78 is 15.3. The third-order valence-corrected chi connectivity index (χ3v) is 3.49. The number of hydrogen-bond donors (Lipinski definition) is 1. The monoisotopic (exact) mass is 331 g/mol. The Morgan fingerprint density at radius 3 is 2.58 bits per heavy atom. The number of carbonyl (C=O) groups is 2. The lowest BCUT2D eigenvalue weighted by atomic mass is 10.1. The number of nitrogens with one attached hydrogen (secondary N) is 1. The van der Waals surface area contributed by atoms with Crippen LogP contribution >= 0.6 is 0 Å². The highest BCUT2D eigenvalue weighted by Crippen LogP contribution is 2.13. The van der Waals surface area contributed by atoms with Crippen LogP contribution < -0.4 is 10.1 Å². The van der Waals surface area contributed by atoms with Gasteiger partial charge in [-0.15, -0.1) is 0 Å². The molecule has 2 rings (SSSR count). The van der Waals surface area contributed by atoms with Gasteiger partial charge >= 0.3 is 5.97 Å². The van der Waals surface area contributed by atoms with Crippen molar-refractivity contribution in [3.63, 3.8) is 0 Å². The van der Waals surface area contributed by atoms with Gasteiger partial charge in [0.25, 0.3) is 5.91 Å². The molecular formula is C18H21NO5. The van der Waals surface area contributed by atoms with E-state index < -0.39 is 5.97 Å². The average molecular weight is 331 g/mol. The summed E-state index contributed by atoms with van der Waals surface area (Å²) >= 11 is 0. The van der Waals surface area contributed by atoms with Crippen molar-refractivity contribution in [3.8, 4) is 5.75 Å². The predicted molar refractivity (Wildman–Crippen MR) is 87.5 cm³/mol. The molecule has 24 heavy (non-hydrogen) atoms. The largest absolute Gasteiger partial charge is 0.497 e. The van der Waals surface area contributed by atoms with Gasteiger partial charge in [0.2, 0.25) is 0 Å². The molecule has 0 aliphatic rings. The summed E-state index contributed by atoms with van der Waals surface area (Å²) in [6.45, 7) is 1.49. The lowest BCUT2D eigenvalue weighted by Crippen LogP contribution is -2.31. The first-order chi connectivity index (χ1) is 11.6. The number of aryl methyl sites for hydroxylation is 1. The van der Waals surface area contributed by atoms with Crippen LogP contribution in [0.4, 0.5) is 0 Å². The van der Waals surface area contributed by atoms with Gasteiger partial charge < -0.3 is 19.2 Å². The molecule has 6 nitrogen and oxygen atoms in total. The molecule has 0 unspecified atom stereocenters. The van der Waals surface area contributed by atoms with E-state index in [4.69, 9.17) is 13.9 Å². The fourth-order valence-corrected chi connectivity index (χ4v) is 2.15. The van der Waals surface area contributed by atoms with Crippen LogP contribution in [0.25, 0.3) is 0 Å². The molecule has 0 aliphatic heterocycles. The third kappa shape index (κ3) is 5.46. The molecule has 1 aromatic carbocycles. The van der Waals surface area contributed by atoms with Gasteiger partial charge in [-0.3, -0.25) is 9.59 Å². The van der Waals surface area contributed by atoms with Gasteiger partial charge in [-0.2, -0.15) is 0 Å². The summed E-state index contributed by atoms with van der Waals surface area (Å²) in [5, 5.41) is 2.70. The smallest absolute Gasteiger partial charge is 0.306 e. The summed E-state index contributed by atoms with van der Waals surface area (Å²) in [6.07, 6.45) is 2.30. The first kappa shape index (κ1) is 17.6. The van der Waals surface area contributed by atoms with E-state index in [2.05, 4.69) is 5.32 Å². The van der Waals surface area contributed by atoms with E-state index in [1.165, 1.54) is 6.26 Å². The van der Waals surface area contributed by atoms with Crippen molar-refractivity contribution in [1.29, 1.82) is 0 Å². The fourth-order valence-electron chi connectivity index (χ4n) is 2.15. The Balaban J connectivity index is 1.67. The molecule has 1 heterocycles. The van der Waals surface area contributed by atoms with Gasteiger partial charge in [0.15, 0.2) is 6.61 Å². The number of ether oxygens (including phenoxy) is 2. The van der Waals surface area contributed by atoms with Gasteiger partial charge in [0.1, 0.15) is 11.5 Å². The van der Waals surface area contributed by atoms with Crippen LogP contribution in [0.15, 0.2) is 47.1 Å². The minimum absolute atomic E-state index is 0.216. The van der Waals surface area contributed by atoms with Gasteiger partial charge in [0, 0.05) is 6.42 Å². The molecule has 1 N–H and O–H groups in total. The number of hydrogen-bond acceptors (Lipinski definition) is 5. The van der Waals surface area contributed by atoms with Crippen molar-refractivity contribution in [2.45, 2.75) is 25.8 Å². The molecule has 0 bridgehead atoms. The molecular weight excluding hydrogens is 310 g/mol. The Hall–Kier alpha value is -2.76. The predicted octanol–water partition coefficient (Wildman–Crippen LogP) is 2.64. The number of furan rings is 1. The van der Waals surface area contributed by atoms with Gasteiger partial charge in [-0.1, -0.05) is 12.1 Å². The first-order valence-electron chi connectivity index (χ1n) is 7.70. The number of benzene rings is 1. The van der Waals surface area contributed by atoms with E-state index in [-0.39, 0.29) is 25.0 Å². The van der Waals surface area contributed by atoms with E-state index in [0.29, 0.717) is 12.2 Å². The lowest BCUT2D eigenvalue weighted by molar-refractivity contribution is -0.148. The highest BCUT2D eigenvalue weighted by atomic mass is 16.5. The van der Waals surface area contributed by atoms with Crippen molar-refractivity contribution in [2.24, 2.45) is 0 Å². The summed E-state index contributed by atoms with van der Waals surface area (Å²) in [6, 6.07) is 10.7. The average Bonchev–Trinajstić information content (AvgIpc) is 3.13. The zero-order chi connectivity index (χ0) is 17.4. The van der Waals surface area contributed by atoms with Crippen LogP contribution in [0.1, 0.15) is 30.7 Å². The number of carbonyl (C=O) groups excluding carboxylic acids is 2. The van der Waals surface area contributed by atoms with Gasteiger partial charge in [-0.05, 0) is 43.2 Å². The summed E-state index contributed by atoms with van der Waals surface area (Å²) in [7, 11) is 1.60. The minimum atomic E-state index is -0.411. The number of esters is 1. The standard InChI is InChI=1S/C18H21NO5/c1-13(16-4-3-11-23-16)19-17(20)12-24-18(21)10-7-14-5-8-15(22-2)9-6-14/h3-6,8-9,11,13H,7,10,12H2,1-2H3,(H,19,20)/t13-/m1/s1. The van der Waals surface area contributed by atoms with E-state index in [0.717, 1.165) is 11.3 Å².